The summed E-state index contributed by atoms with van der Waals surface area (Å²) in [5, 5.41) is 8.06. The third-order valence-electron chi connectivity index (χ3n) is 5.06. The van der Waals surface area contributed by atoms with Gasteiger partial charge in [-0.15, -0.1) is 0 Å². The van der Waals surface area contributed by atoms with Gasteiger partial charge in [0, 0.05) is 25.5 Å². The maximum Gasteiger partial charge on any atom is 0.318 e. The molecule has 0 saturated carbocycles. The number of likely N-dealkylation sites (tertiary alicyclic amines) is 1. The summed E-state index contributed by atoms with van der Waals surface area (Å²) in [6.07, 6.45) is 6.03. The van der Waals surface area contributed by atoms with Crippen molar-refractivity contribution in [2.45, 2.75) is 37.6 Å². The van der Waals surface area contributed by atoms with Crippen molar-refractivity contribution in [2.24, 2.45) is 5.14 Å². The summed E-state index contributed by atoms with van der Waals surface area (Å²) in [7, 11) is -3.78. The van der Waals surface area contributed by atoms with Crippen molar-refractivity contribution in [2.75, 3.05) is 13.2 Å². The average molecular weight is 444 g/mol. The van der Waals surface area contributed by atoms with Crippen molar-refractivity contribution in [3.05, 3.63) is 65.3 Å². The lowest BCUT2D eigenvalue weighted by molar-refractivity contribution is 0.116. The van der Waals surface area contributed by atoms with E-state index in [0.29, 0.717) is 24.4 Å². The number of nitrogens with one attached hydrogen (secondary N) is 1. The van der Waals surface area contributed by atoms with Crippen LogP contribution in [0.2, 0.25) is 0 Å². The van der Waals surface area contributed by atoms with E-state index in [1.54, 1.807) is 35.5 Å². The number of aromatic nitrogens is 1. The molecular weight excluding hydrogens is 418 g/mol. The van der Waals surface area contributed by atoms with E-state index in [9.17, 15) is 13.2 Å². The van der Waals surface area contributed by atoms with E-state index >= 15 is 0 Å². The molecule has 1 atom stereocenters. The van der Waals surface area contributed by atoms with Gasteiger partial charge in [-0.3, -0.25) is 4.98 Å². The molecule has 2 amide bonds. The van der Waals surface area contributed by atoms with Gasteiger partial charge in [0.1, 0.15) is 12.4 Å². The van der Waals surface area contributed by atoms with Crippen LogP contribution in [-0.2, 0) is 22.3 Å². The zero-order chi connectivity index (χ0) is 22.3. The molecule has 1 aliphatic heterocycles. The van der Waals surface area contributed by atoms with E-state index in [4.69, 9.17) is 16.4 Å². The molecule has 2 heterocycles. The first-order valence-electron chi connectivity index (χ1n) is 9.93. The minimum absolute atomic E-state index is 0.126. The van der Waals surface area contributed by atoms with Crippen molar-refractivity contribution in [1.29, 1.82) is 0 Å². The zero-order valence-corrected chi connectivity index (χ0v) is 17.8. The van der Waals surface area contributed by atoms with Gasteiger partial charge in [-0.2, -0.15) is 0 Å². The molecule has 2 aromatic rings. The maximum atomic E-state index is 12.7. The lowest BCUT2D eigenvalue weighted by Gasteiger charge is -2.35. The third-order valence-corrected chi connectivity index (χ3v) is 5.78. The number of nitrogens with two attached hydrogens (primary N) is 1. The molecular formula is C21H25N5O4S. The van der Waals surface area contributed by atoms with Gasteiger partial charge in [0.15, 0.2) is 0 Å². The SMILES string of the molecule is [C-]#[N+]c1c(CS(N)(=O)=O)cccc1OC[C@H]1CCCCN1C(=O)NCc1ccncc1. The molecule has 0 spiro atoms. The van der Waals surface area contributed by atoms with Gasteiger partial charge in [0.2, 0.25) is 15.7 Å². The van der Waals surface area contributed by atoms with Gasteiger partial charge in [-0.05, 0) is 48.6 Å². The maximum absolute atomic E-state index is 12.7. The minimum Gasteiger partial charge on any atom is -0.502 e. The Bertz CT molecular complexity index is 1050. The summed E-state index contributed by atoms with van der Waals surface area (Å²) in [5.74, 6) is -0.145. The van der Waals surface area contributed by atoms with Crippen molar-refractivity contribution < 1.29 is 17.9 Å². The lowest BCUT2D eigenvalue weighted by atomic mass is 10.0. The number of hydrogen-bond acceptors (Lipinski definition) is 5. The van der Waals surface area contributed by atoms with Crippen LogP contribution in [0.25, 0.3) is 4.85 Å². The first-order chi connectivity index (χ1) is 14.9. The summed E-state index contributed by atoms with van der Waals surface area (Å²) in [5.41, 5.74) is 1.38. The van der Waals surface area contributed by atoms with E-state index in [1.165, 1.54) is 0 Å². The van der Waals surface area contributed by atoms with Crippen LogP contribution in [0.1, 0.15) is 30.4 Å². The fourth-order valence-corrected chi connectivity index (χ4v) is 4.22. The van der Waals surface area contributed by atoms with Gasteiger partial charge in [0.05, 0.1) is 18.4 Å². The molecule has 0 unspecified atom stereocenters. The summed E-state index contributed by atoms with van der Waals surface area (Å²) >= 11 is 0. The highest BCUT2D eigenvalue weighted by Crippen LogP contribution is 2.33. The Kier molecular flexibility index (Phi) is 7.44. The predicted molar refractivity (Wildman–Crippen MR) is 116 cm³/mol. The number of nitrogens with zero attached hydrogens (tertiary/aromatic N) is 3. The number of para-hydroxylation sites is 1. The topological polar surface area (TPSA) is 119 Å². The molecule has 0 aliphatic carbocycles. The van der Waals surface area contributed by atoms with Gasteiger partial charge >= 0.3 is 6.03 Å². The molecule has 10 heteroatoms. The first kappa shape index (κ1) is 22.5. The summed E-state index contributed by atoms with van der Waals surface area (Å²) in [6, 6.07) is 8.17. The summed E-state index contributed by atoms with van der Waals surface area (Å²) in [6.45, 7) is 8.67. The number of rotatable bonds is 7. The van der Waals surface area contributed by atoms with Gasteiger partial charge in [-0.1, -0.05) is 12.1 Å². The fourth-order valence-electron chi connectivity index (χ4n) is 3.55. The average Bonchev–Trinajstić information content (AvgIpc) is 2.76. The van der Waals surface area contributed by atoms with E-state index in [0.717, 1.165) is 24.8 Å². The molecule has 1 aliphatic rings. The number of amides is 2. The van der Waals surface area contributed by atoms with Crippen LogP contribution in [0.3, 0.4) is 0 Å². The lowest BCUT2D eigenvalue weighted by Crippen LogP contribution is -2.50. The second-order valence-corrected chi connectivity index (χ2v) is 8.97. The molecule has 3 N–H and O–H groups in total. The Labute approximate surface area is 182 Å². The highest BCUT2D eigenvalue weighted by atomic mass is 32.2. The third kappa shape index (κ3) is 6.41. The van der Waals surface area contributed by atoms with Crippen LogP contribution in [-0.4, -0.2) is 43.5 Å². The second-order valence-electron chi connectivity index (χ2n) is 7.35. The van der Waals surface area contributed by atoms with E-state index in [-0.39, 0.29) is 24.4 Å². The molecule has 164 valence electrons. The van der Waals surface area contributed by atoms with Crippen LogP contribution < -0.4 is 15.2 Å². The normalized spacial score (nSPS) is 16.4. The molecule has 1 aromatic heterocycles. The molecule has 31 heavy (non-hydrogen) atoms. The number of ether oxygens (including phenoxy) is 1. The van der Waals surface area contributed by atoms with Crippen LogP contribution in [0, 0.1) is 6.57 Å². The smallest absolute Gasteiger partial charge is 0.318 e. The van der Waals surface area contributed by atoms with Crippen molar-refractivity contribution >= 4 is 21.7 Å². The first-order valence-corrected chi connectivity index (χ1v) is 11.6. The molecule has 1 saturated heterocycles. The number of carbonyl (C=O) groups is 1. The second kappa shape index (κ2) is 10.2. The highest BCUT2D eigenvalue weighted by Gasteiger charge is 2.27. The number of piperidine rings is 1. The monoisotopic (exact) mass is 443 g/mol. The van der Waals surface area contributed by atoms with E-state index in [2.05, 4.69) is 15.1 Å². The van der Waals surface area contributed by atoms with Crippen LogP contribution in [0.5, 0.6) is 5.75 Å². The quantitative estimate of drug-likeness (QED) is 0.638. The largest absolute Gasteiger partial charge is 0.502 e. The molecule has 0 bridgehead atoms. The Morgan fingerprint density at radius 2 is 2.06 bits per heavy atom. The standard InChI is InChI=1S/C21H25N5O4S/c1-23-20-17(15-31(22,28)29)5-4-7-19(20)30-14-18-6-2-3-12-26(18)21(27)25-13-16-8-10-24-11-9-16/h4-5,7-11,18H,2-3,6,12-15H2,(H,25,27)(H2,22,28,29)/t18-/m1/s1. The highest BCUT2D eigenvalue weighted by molar-refractivity contribution is 7.88. The zero-order valence-electron chi connectivity index (χ0n) is 17.0. The van der Waals surface area contributed by atoms with Gasteiger partial charge in [-0.25, -0.2) is 23.2 Å². The number of primary sulfonamides is 1. The predicted octanol–water partition coefficient (Wildman–Crippen LogP) is 2.56. The number of sulfonamides is 1. The number of benzene rings is 1. The molecule has 0 radical (unpaired) electrons. The number of urea groups is 1. The van der Waals surface area contributed by atoms with Crippen molar-refractivity contribution in [3.8, 4) is 5.75 Å². The number of hydrogen-bond donors (Lipinski definition) is 2. The van der Waals surface area contributed by atoms with Crippen LogP contribution >= 0.6 is 0 Å². The van der Waals surface area contributed by atoms with E-state index < -0.39 is 15.8 Å². The van der Waals surface area contributed by atoms with Crippen molar-refractivity contribution in [1.82, 2.24) is 15.2 Å². The number of pyridine rings is 1. The minimum atomic E-state index is -3.78. The molecule has 9 nitrogen and oxygen atoms in total. The Balaban J connectivity index is 1.66. The number of carbonyl (C=O) groups excluding carboxylic acids is 1. The van der Waals surface area contributed by atoms with Crippen LogP contribution in [0.4, 0.5) is 10.5 Å². The summed E-state index contributed by atoms with van der Waals surface area (Å²) in [4.78, 5) is 21.9. The van der Waals surface area contributed by atoms with E-state index in [1.807, 2.05) is 12.1 Å². The Hall–Kier alpha value is -3.16. The molecule has 1 fully saturated rings. The van der Waals surface area contributed by atoms with Crippen LogP contribution in [0.15, 0.2) is 42.7 Å². The Morgan fingerprint density at radius 1 is 1.29 bits per heavy atom. The molecule has 3 rings (SSSR count). The van der Waals surface area contributed by atoms with Crippen molar-refractivity contribution in [3.63, 3.8) is 0 Å². The Morgan fingerprint density at radius 3 is 2.77 bits per heavy atom. The fraction of sp³-hybridized carbons (Fsp3) is 0.381. The summed E-state index contributed by atoms with van der Waals surface area (Å²) < 4.78 is 28.8. The molecule has 1 aromatic carbocycles. The van der Waals surface area contributed by atoms with Gasteiger partial charge in [0.25, 0.3) is 0 Å². The van der Waals surface area contributed by atoms with Gasteiger partial charge < -0.3 is 15.0 Å².